The van der Waals surface area contributed by atoms with Gasteiger partial charge in [-0.25, -0.2) is 8.42 Å². The average molecular weight is 570 g/mol. The van der Waals surface area contributed by atoms with Crippen molar-refractivity contribution in [2.24, 2.45) is 0 Å². The van der Waals surface area contributed by atoms with Crippen LogP contribution in [0, 0.1) is 13.8 Å². The van der Waals surface area contributed by atoms with Crippen LogP contribution in [0.4, 0.5) is 5.69 Å². The lowest BCUT2D eigenvalue weighted by Crippen LogP contribution is -2.51. The van der Waals surface area contributed by atoms with Gasteiger partial charge in [-0.3, -0.25) is 13.9 Å². The Morgan fingerprint density at radius 2 is 1.62 bits per heavy atom. The topological polar surface area (TPSA) is 86.8 Å². The van der Waals surface area contributed by atoms with Crippen LogP contribution in [-0.4, -0.2) is 44.3 Å². The van der Waals surface area contributed by atoms with Crippen molar-refractivity contribution in [2.75, 3.05) is 17.4 Å². The van der Waals surface area contributed by atoms with E-state index < -0.39 is 28.5 Å². The quantitative estimate of drug-likeness (QED) is 0.292. The molecule has 0 bridgehead atoms. The molecular weight excluding hydrogens is 534 g/mol. The van der Waals surface area contributed by atoms with E-state index >= 15 is 0 Å². The summed E-state index contributed by atoms with van der Waals surface area (Å²) in [4.78, 5) is 28.3. The number of hydrogen-bond acceptors (Lipinski definition) is 4. The fourth-order valence-corrected chi connectivity index (χ4v) is 5.57. The molecule has 0 spiro atoms. The Balaban J connectivity index is 2.01. The van der Waals surface area contributed by atoms with Gasteiger partial charge in [0.15, 0.2) is 0 Å². The second kappa shape index (κ2) is 13.6. The molecule has 2 amide bonds. The number of carbonyl (C=O) groups excluding carboxylic acids is 2. The molecule has 1 N–H and O–H groups in total. The van der Waals surface area contributed by atoms with Crippen molar-refractivity contribution in [2.45, 2.75) is 58.0 Å². The summed E-state index contributed by atoms with van der Waals surface area (Å²) in [5.74, 6) is -0.779. The zero-order chi connectivity index (χ0) is 28.6. The summed E-state index contributed by atoms with van der Waals surface area (Å²) in [5.41, 5.74) is 3.08. The van der Waals surface area contributed by atoms with E-state index in [0.29, 0.717) is 17.3 Å². The first kappa shape index (κ1) is 30.2. The van der Waals surface area contributed by atoms with E-state index in [1.165, 1.54) is 29.2 Å². The largest absolute Gasteiger partial charge is 0.354 e. The van der Waals surface area contributed by atoms with Crippen molar-refractivity contribution in [3.8, 4) is 0 Å². The second-order valence-electron chi connectivity index (χ2n) is 9.56. The fourth-order valence-electron chi connectivity index (χ4n) is 4.04. The van der Waals surface area contributed by atoms with Crippen molar-refractivity contribution in [1.82, 2.24) is 10.2 Å². The van der Waals surface area contributed by atoms with Crippen LogP contribution in [-0.2, 0) is 26.2 Å². The first-order valence-corrected chi connectivity index (χ1v) is 14.8. The molecule has 0 aliphatic rings. The Morgan fingerprint density at radius 3 is 2.23 bits per heavy atom. The summed E-state index contributed by atoms with van der Waals surface area (Å²) in [6.45, 7) is 7.70. The van der Waals surface area contributed by atoms with Crippen molar-refractivity contribution in [3.63, 3.8) is 0 Å². The number of unbranched alkanes of at least 4 members (excludes halogenated alkanes) is 1. The molecule has 0 radical (unpaired) electrons. The molecular formula is C30H36ClN3O4S. The van der Waals surface area contributed by atoms with Crippen LogP contribution in [0.25, 0.3) is 0 Å². The number of amides is 2. The normalized spacial score (nSPS) is 12.0. The Bertz CT molecular complexity index is 1380. The third-order valence-electron chi connectivity index (χ3n) is 6.65. The van der Waals surface area contributed by atoms with Crippen LogP contribution in [0.3, 0.4) is 0 Å². The summed E-state index contributed by atoms with van der Waals surface area (Å²) in [5, 5.41) is 3.29. The van der Waals surface area contributed by atoms with Gasteiger partial charge < -0.3 is 10.2 Å². The number of rotatable bonds is 12. The monoisotopic (exact) mass is 569 g/mol. The highest BCUT2D eigenvalue weighted by atomic mass is 35.5. The molecule has 7 nitrogen and oxygen atoms in total. The van der Waals surface area contributed by atoms with Crippen molar-refractivity contribution >= 4 is 39.1 Å². The molecule has 1 atom stereocenters. The lowest BCUT2D eigenvalue weighted by molar-refractivity contribution is -0.139. The molecule has 0 unspecified atom stereocenters. The van der Waals surface area contributed by atoms with Crippen LogP contribution < -0.4 is 9.62 Å². The average Bonchev–Trinajstić information content (AvgIpc) is 2.92. The minimum Gasteiger partial charge on any atom is -0.354 e. The lowest BCUT2D eigenvalue weighted by atomic mass is 10.1. The Hall–Kier alpha value is -3.36. The number of carbonyl (C=O) groups is 2. The Labute approximate surface area is 236 Å². The molecule has 9 heteroatoms. The van der Waals surface area contributed by atoms with E-state index in [4.69, 9.17) is 11.6 Å². The molecule has 3 aromatic rings. The number of hydrogen-bond donors (Lipinski definition) is 1. The second-order valence-corrected chi connectivity index (χ2v) is 11.9. The Morgan fingerprint density at radius 1 is 0.949 bits per heavy atom. The summed E-state index contributed by atoms with van der Waals surface area (Å²) >= 11 is 6.00. The molecule has 3 aromatic carbocycles. The molecule has 3 rings (SSSR count). The standard InChI is InChI=1S/C30H36ClN3O4S/c1-5-6-18-32-30(36)24(4)33(20-25-10-8-7-9-11-25)29(35)21-34(27-15-12-22(2)23(3)19-27)39(37,38)28-16-13-26(31)14-17-28/h7-17,19,24H,5-6,18,20-21H2,1-4H3,(H,32,36)/t24-/m0/s1. The fraction of sp³-hybridized carbons (Fsp3) is 0.333. The number of anilines is 1. The number of nitrogens with one attached hydrogen (secondary N) is 1. The van der Waals surface area contributed by atoms with E-state index in [-0.39, 0.29) is 17.3 Å². The lowest BCUT2D eigenvalue weighted by Gasteiger charge is -2.32. The number of aryl methyl sites for hydroxylation is 2. The van der Waals surface area contributed by atoms with Gasteiger partial charge in [0.25, 0.3) is 10.0 Å². The summed E-state index contributed by atoms with van der Waals surface area (Å²) < 4.78 is 28.8. The van der Waals surface area contributed by atoms with Crippen molar-refractivity contribution in [3.05, 3.63) is 94.5 Å². The van der Waals surface area contributed by atoms with Gasteiger partial charge in [-0.1, -0.05) is 61.3 Å². The van der Waals surface area contributed by atoms with Gasteiger partial charge in [0, 0.05) is 18.1 Å². The van der Waals surface area contributed by atoms with Gasteiger partial charge in [-0.2, -0.15) is 0 Å². The summed E-state index contributed by atoms with van der Waals surface area (Å²) in [6, 6.07) is 19.6. The predicted octanol–water partition coefficient (Wildman–Crippen LogP) is 5.49. The third kappa shape index (κ3) is 7.83. The van der Waals surface area contributed by atoms with Crippen LogP contribution in [0.2, 0.25) is 5.02 Å². The highest BCUT2D eigenvalue weighted by Crippen LogP contribution is 2.27. The van der Waals surface area contributed by atoms with E-state index in [1.54, 1.807) is 19.1 Å². The molecule has 0 aliphatic carbocycles. The molecule has 0 saturated carbocycles. The van der Waals surface area contributed by atoms with Gasteiger partial charge in [-0.05, 0) is 80.3 Å². The van der Waals surface area contributed by atoms with Gasteiger partial charge in [0.2, 0.25) is 11.8 Å². The van der Waals surface area contributed by atoms with Gasteiger partial charge in [-0.15, -0.1) is 0 Å². The number of nitrogens with zero attached hydrogens (tertiary/aromatic N) is 2. The zero-order valence-corrected chi connectivity index (χ0v) is 24.4. The zero-order valence-electron chi connectivity index (χ0n) is 22.9. The van der Waals surface area contributed by atoms with Gasteiger partial charge in [0.1, 0.15) is 12.6 Å². The molecule has 208 valence electrons. The van der Waals surface area contributed by atoms with E-state index in [2.05, 4.69) is 5.32 Å². The molecule has 0 saturated heterocycles. The summed E-state index contributed by atoms with van der Waals surface area (Å²) in [7, 11) is -4.14. The minimum absolute atomic E-state index is 0.0119. The van der Waals surface area contributed by atoms with E-state index in [0.717, 1.165) is 33.8 Å². The van der Waals surface area contributed by atoms with Crippen LogP contribution >= 0.6 is 11.6 Å². The number of benzene rings is 3. The van der Waals surface area contributed by atoms with Crippen LogP contribution in [0.1, 0.15) is 43.4 Å². The number of halogens is 1. The molecule has 0 aliphatic heterocycles. The maximum atomic E-state index is 13.9. The highest BCUT2D eigenvalue weighted by molar-refractivity contribution is 7.92. The van der Waals surface area contributed by atoms with Gasteiger partial charge in [0.05, 0.1) is 10.6 Å². The molecule has 0 aromatic heterocycles. The smallest absolute Gasteiger partial charge is 0.264 e. The van der Waals surface area contributed by atoms with Crippen molar-refractivity contribution in [1.29, 1.82) is 0 Å². The SMILES string of the molecule is CCCCNC(=O)[C@H](C)N(Cc1ccccc1)C(=O)CN(c1ccc(C)c(C)c1)S(=O)(=O)c1ccc(Cl)cc1. The minimum atomic E-state index is -4.14. The first-order valence-electron chi connectivity index (χ1n) is 13.0. The first-order chi connectivity index (χ1) is 18.5. The van der Waals surface area contributed by atoms with Crippen molar-refractivity contribution < 1.29 is 18.0 Å². The molecule has 0 fully saturated rings. The summed E-state index contributed by atoms with van der Waals surface area (Å²) in [6.07, 6.45) is 1.75. The van der Waals surface area contributed by atoms with E-state index in [9.17, 15) is 18.0 Å². The molecule has 39 heavy (non-hydrogen) atoms. The number of sulfonamides is 1. The molecule has 0 heterocycles. The van der Waals surface area contributed by atoms with Gasteiger partial charge >= 0.3 is 0 Å². The predicted molar refractivity (Wildman–Crippen MR) is 156 cm³/mol. The maximum absolute atomic E-state index is 13.9. The van der Waals surface area contributed by atoms with Crippen LogP contribution in [0.5, 0.6) is 0 Å². The van der Waals surface area contributed by atoms with E-state index in [1.807, 2.05) is 57.2 Å². The Kier molecular flexibility index (Phi) is 10.5. The van der Waals surface area contributed by atoms with Crippen LogP contribution in [0.15, 0.2) is 77.7 Å². The highest BCUT2D eigenvalue weighted by Gasteiger charge is 2.32. The third-order valence-corrected chi connectivity index (χ3v) is 8.69. The maximum Gasteiger partial charge on any atom is 0.264 e.